The summed E-state index contributed by atoms with van der Waals surface area (Å²) < 4.78 is 3.37. The van der Waals surface area contributed by atoms with E-state index in [1.807, 2.05) is 6.92 Å². The fourth-order valence-electron chi connectivity index (χ4n) is 1.83. The molecule has 2 aromatic rings. The Morgan fingerprint density at radius 3 is 2.94 bits per heavy atom. The lowest BCUT2D eigenvalue weighted by Gasteiger charge is -2.09. The van der Waals surface area contributed by atoms with E-state index in [4.69, 9.17) is 0 Å². The lowest BCUT2D eigenvalue weighted by Crippen LogP contribution is -2.07. The third-order valence-electron chi connectivity index (χ3n) is 2.82. The first-order valence-electron chi connectivity index (χ1n) is 5.81. The molecule has 4 heteroatoms. The predicted octanol–water partition coefficient (Wildman–Crippen LogP) is 3.36. The van der Waals surface area contributed by atoms with E-state index in [0.29, 0.717) is 6.04 Å². The van der Waals surface area contributed by atoms with Gasteiger partial charge in [-0.05, 0) is 60.6 Å². The van der Waals surface area contributed by atoms with E-state index in [1.54, 1.807) is 0 Å². The van der Waals surface area contributed by atoms with Crippen molar-refractivity contribution in [1.29, 1.82) is 0 Å². The van der Waals surface area contributed by atoms with Gasteiger partial charge in [0.25, 0.3) is 0 Å². The molecular formula is C13H14IN3. The number of anilines is 1. The molecule has 0 amide bonds. The van der Waals surface area contributed by atoms with Gasteiger partial charge in [0, 0.05) is 21.5 Å². The Hall–Kier alpha value is -1.04. The molecule has 0 radical (unpaired) electrons. The highest BCUT2D eigenvalue weighted by Gasteiger charge is 2.23. The number of aryl methyl sites for hydroxylation is 1. The molecular weight excluding hydrogens is 325 g/mol. The minimum absolute atomic E-state index is 0.623. The molecule has 0 spiro atoms. The number of benzene rings is 1. The van der Waals surface area contributed by atoms with Crippen LogP contribution in [-0.4, -0.2) is 15.6 Å². The van der Waals surface area contributed by atoms with Crippen molar-refractivity contribution in [3.8, 4) is 5.69 Å². The molecule has 1 N–H and O–H groups in total. The van der Waals surface area contributed by atoms with Crippen LogP contribution in [0.4, 0.5) is 5.95 Å². The summed E-state index contributed by atoms with van der Waals surface area (Å²) in [6, 6.07) is 9.08. The minimum atomic E-state index is 0.623. The van der Waals surface area contributed by atoms with Crippen LogP contribution in [0.5, 0.6) is 0 Å². The molecule has 88 valence electrons. The maximum atomic E-state index is 4.55. The Morgan fingerprint density at radius 1 is 1.41 bits per heavy atom. The molecule has 0 atom stereocenters. The molecule has 1 saturated carbocycles. The molecule has 1 aromatic carbocycles. The molecule has 3 nitrogen and oxygen atoms in total. The van der Waals surface area contributed by atoms with Gasteiger partial charge in [-0.15, -0.1) is 0 Å². The van der Waals surface area contributed by atoms with Gasteiger partial charge in [-0.2, -0.15) is 0 Å². The second kappa shape index (κ2) is 4.33. The van der Waals surface area contributed by atoms with Crippen LogP contribution in [0.25, 0.3) is 5.69 Å². The van der Waals surface area contributed by atoms with Crippen molar-refractivity contribution in [3.05, 3.63) is 39.7 Å². The van der Waals surface area contributed by atoms with Crippen molar-refractivity contribution in [2.75, 3.05) is 5.32 Å². The molecule has 0 aliphatic heterocycles. The molecule has 0 unspecified atom stereocenters. The molecule has 3 rings (SSSR count). The highest BCUT2D eigenvalue weighted by Crippen LogP contribution is 2.26. The number of rotatable bonds is 3. The first-order valence-corrected chi connectivity index (χ1v) is 6.89. The molecule has 1 fully saturated rings. The van der Waals surface area contributed by atoms with Gasteiger partial charge >= 0.3 is 0 Å². The molecule has 1 heterocycles. The quantitative estimate of drug-likeness (QED) is 0.869. The van der Waals surface area contributed by atoms with Crippen molar-refractivity contribution in [2.45, 2.75) is 25.8 Å². The van der Waals surface area contributed by atoms with Crippen LogP contribution < -0.4 is 5.32 Å². The van der Waals surface area contributed by atoms with Gasteiger partial charge in [0.15, 0.2) is 0 Å². The van der Waals surface area contributed by atoms with E-state index in [-0.39, 0.29) is 0 Å². The maximum absolute atomic E-state index is 4.55. The average molecular weight is 339 g/mol. The zero-order valence-corrected chi connectivity index (χ0v) is 11.8. The number of nitrogens with zero attached hydrogens (tertiary/aromatic N) is 2. The Morgan fingerprint density at radius 2 is 2.24 bits per heavy atom. The highest BCUT2D eigenvalue weighted by molar-refractivity contribution is 14.1. The minimum Gasteiger partial charge on any atom is -0.353 e. The van der Waals surface area contributed by atoms with Crippen LogP contribution >= 0.6 is 22.6 Å². The van der Waals surface area contributed by atoms with E-state index in [9.17, 15) is 0 Å². The molecule has 17 heavy (non-hydrogen) atoms. The summed E-state index contributed by atoms with van der Waals surface area (Å²) in [5.74, 6) is 0.965. The number of imidazole rings is 1. The second-order valence-corrected chi connectivity index (χ2v) is 5.72. The Bertz CT molecular complexity index is 543. The van der Waals surface area contributed by atoms with Gasteiger partial charge in [-0.3, -0.25) is 4.57 Å². The van der Waals surface area contributed by atoms with E-state index in [1.165, 1.54) is 22.1 Å². The van der Waals surface area contributed by atoms with E-state index in [2.05, 4.69) is 67.9 Å². The lowest BCUT2D eigenvalue weighted by molar-refractivity contribution is 1.00. The predicted molar refractivity (Wildman–Crippen MR) is 77.7 cm³/mol. The number of halogens is 1. The van der Waals surface area contributed by atoms with E-state index in [0.717, 1.165) is 11.6 Å². The van der Waals surface area contributed by atoms with Crippen molar-refractivity contribution < 1.29 is 0 Å². The van der Waals surface area contributed by atoms with Gasteiger partial charge in [-0.25, -0.2) is 4.98 Å². The van der Waals surface area contributed by atoms with Crippen LogP contribution in [0.3, 0.4) is 0 Å². The molecule has 1 aliphatic carbocycles. The van der Waals surface area contributed by atoms with Crippen molar-refractivity contribution in [1.82, 2.24) is 9.55 Å². The van der Waals surface area contributed by atoms with Gasteiger partial charge in [0.1, 0.15) is 0 Å². The van der Waals surface area contributed by atoms with E-state index < -0.39 is 0 Å². The first kappa shape index (κ1) is 11.1. The Balaban J connectivity index is 2.00. The molecule has 1 aromatic heterocycles. The van der Waals surface area contributed by atoms with Crippen LogP contribution in [0.1, 0.15) is 18.5 Å². The molecule has 0 saturated heterocycles. The largest absolute Gasteiger partial charge is 0.353 e. The fourth-order valence-corrected chi connectivity index (χ4v) is 2.36. The highest BCUT2D eigenvalue weighted by atomic mass is 127. The summed E-state index contributed by atoms with van der Waals surface area (Å²) in [5.41, 5.74) is 2.22. The molecule has 0 bridgehead atoms. The lowest BCUT2D eigenvalue weighted by atomic mass is 10.3. The Labute approximate surface area is 114 Å². The zero-order chi connectivity index (χ0) is 11.8. The summed E-state index contributed by atoms with van der Waals surface area (Å²) in [4.78, 5) is 4.55. The third-order valence-corrected chi connectivity index (χ3v) is 3.49. The fraction of sp³-hybridized carbons (Fsp3) is 0.308. The number of hydrogen-bond acceptors (Lipinski definition) is 2. The van der Waals surface area contributed by atoms with Crippen molar-refractivity contribution >= 4 is 28.5 Å². The average Bonchev–Trinajstić information content (AvgIpc) is 3.01. The second-order valence-electron chi connectivity index (χ2n) is 4.47. The number of hydrogen-bond donors (Lipinski definition) is 1. The first-order chi connectivity index (χ1) is 8.22. The summed E-state index contributed by atoms with van der Waals surface area (Å²) in [7, 11) is 0. The van der Waals surface area contributed by atoms with Crippen molar-refractivity contribution in [2.24, 2.45) is 0 Å². The van der Waals surface area contributed by atoms with E-state index >= 15 is 0 Å². The summed E-state index contributed by atoms with van der Waals surface area (Å²) in [6.45, 7) is 2.03. The summed E-state index contributed by atoms with van der Waals surface area (Å²) in [6.07, 6.45) is 4.60. The SMILES string of the molecule is Cc1cn(-c2cccc(I)c2)c(NC2CC2)n1. The van der Waals surface area contributed by atoms with Crippen LogP contribution in [0.2, 0.25) is 0 Å². The smallest absolute Gasteiger partial charge is 0.207 e. The topological polar surface area (TPSA) is 29.9 Å². The van der Waals surface area contributed by atoms with Crippen LogP contribution in [0.15, 0.2) is 30.5 Å². The molecule has 1 aliphatic rings. The standard InChI is InChI=1S/C13H14IN3/c1-9-8-17(12-4-2-3-10(14)7-12)13(15-9)16-11-5-6-11/h2-4,7-8,11H,5-6H2,1H3,(H,15,16). The van der Waals surface area contributed by atoms with Gasteiger partial charge < -0.3 is 5.32 Å². The zero-order valence-electron chi connectivity index (χ0n) is 9.65. The summed E-state index contributed by atoms with van der Waals surface area (Å²) >= 11 is 2.33. The van der Waals surface area contributed by atoms with Crippen molar-refractivity contribution in [3.63, 3.8) is 0 Å². The summed E-state index contributed by atoms with van der Waals surface area (Å²) in [5, 5.41) is 3.47. The monoisotopic (exact) mass is 339 g/mol. The normalized spacial score (nSPS) is 14.9. The van der Waals surface area contributed by atoms with Crippen LogP contribution in [0, 0.1) is 10.5 Å². The maximum Gasteiger partial charge on any atom is 0.207 e. The van der Waals surface area contributed by atoms with Crippen LogP contribution in [-0.2, 0) is 0 Å². The van der Waals surface area contributed by atoms with Gasteiger partial charge in [0.05, 0.1) is 5.69 Å². The number of aromatic nitrogens is 2. The third kappa shape index (κ3) is 2.46. The van der Waals surface area contributed by atoms with Gasteiger partial charge in [-0.1, -0.05) is 6.07 Å². The van der Waals surface area contributed by atoms with Gasteiger partial charge in [0.2, 0.25) is 5.95 Å². The Kier molecular flexibility index (Phi) is 2.82. The number of nitrogens with one attached hydrogen (secondary N) is 1.